The van der Waals surface area contributed by atoms with Gasteiger partial charge in [-0.15, -0.1) is 0 Å². The van der Waals surface area contributed by atoms with Gasteiger partial charge in [-0.1, -0.05) is 23.7 Å². The fourth-order valence-corrected chi connectivity index (χ4v) is 2.30. The Hall–Kier alpha value is -1.55. The van der Waals surface area contributed by atoms with Crippen LogP contribution in [0.3, 0.4) is 0 Å². The van der Waals surface area contributed by atoms with Gasteiger partial charge in [0, 0.05) is 11.6 Å². The maximum Gasteiger partial charge on any atom is 0.233 e. The van der Waals surface area contributed by atoms with Gasteiger partial charge in [0.05, 0.1) is 5.54 Å². The Balaban J connectivity index is 2.10. The molecule has 0 saturated carbocycles. The summed E-state index contributed by atoms with van der Waals surface area (Å²) in [7, 11) is 0. The fourth-order valence-electron chi connectivity index (χ4n) is 2.18. The second-order valence-corrected chi connectivity index (χ2v) is 5.69. The summed E-state index contributed by atoms with van der Waals surface area (Å²) in [6.45, 7) is 4.38. The molecular weight excluding hydrogens is 264 g/mol. The van der Waals surface area contributed by atoms with Crippen LogP contribution in [0, 0.1) is 5.92 Å². The molecule has 0 aliphatic carbocycles. The molecule has 1 fully saturated rings. The highest BCUT2D eigenvalue weighted by atomic mass is 35.5. The van der Waals surface area contributed by atoms with Crippen molar-refractivity contribution in [2.75, 3.05) is 6.54 Å². The van der Waals surface area contributed by atoms with Gasteiger partial charge in [-0.3, -0.25) is 9.59 Å². The van der Waals surface area contributed by atoms with Crippen molar-refractivity contribution in [3.05, 3.63) is 34.9 Å². The smallest absolute Gasteiger partial charge is 0.233 e. The molecule has 2 rings (SSSR count). The third kappa shape index (κ3) is 3.07. The van der Waals surface area contributed by atoms with E-state index in [0.29, 0.717) is 18.0 Å². The first-order chi connectivity index (χ1) is 8.90. The van der Waals surface area contributed by atoms with Gasteiger partial charge in [0.1, 0.15) is 5.92 Å². The van der Waals surface area contributed by atoms with Crippen LogP contribution in [0.15, 0.2) is 24.3 Å². The summed E-state index contributed by atoms with van der Waals surface area (Å²) in [5.41, 5.74) is 0.411. The summed E-state index contributed by atoms with van der Waals surface area (Å²) < 4.78 is 0. The summed E-state index contributed by atoms with van der Waals surface area (Å²) >= 11 is 5.85. The lowest BCUT2D eigenvalue weighted by molar-refractivity contribution is -0.134. The van der Waals surface area contributed by atoms with E-state index in [4.69, 9.17) is 11.6 Å². The van der Waals surface area contributed by atoms with Crippen LogP contribution in [0.25, 0.3) is 0 Å². The lowest BCUT2D eigenvalue weighted by Gasteiger charge is -2.28. The van der Waals surface area contributed by atoms with E-state index < -0.39 is 11.5 Å². The fraction of sp³-hybridized carbons (Fsp3) is 0.429. The molecule has 1 atom stereocenters. The molecule has 1 aromatic carbocycles. The van der Waals surface area contributed by atoms with Crippen LogP contribution in [0.5, 0.6) is 0 Å². The van der Waals surface area contributed by atoms with Gasteiger partial charge in [0.2, 0.25) is 11.8 Å². The van der Waals surface area contributed by atoms with Crippen LogP contribution in [0.2, 0.25) is 5.02 Å². The Kier molecular flexibility index (Phi) is 3.80. The molecule has 1 saturated heterocycles. The molecule has 1 heterocycles. The van der Waals surface area contributed by atoms with Gasteiger partial charge < -0.3 is 10.6 Å². The number of amides is 2. The van der Waals surface area contributed by atoms with E-state index in [1.54, 1.807) is 12.1 Å². The Labute approximate surface area is 117 Å². The van der Waals surface area contributed by atoms with Gasteiger partial charge in [-0.25, -0.2) is 0 Å². The summed E-state index contributed by atoms with van der Waals surface area (Å²) in [5, 5.41) is 6.24. The Morgan fingerprint density at radius 3 is 2.53 bits per heavy atom. The molecule has 1 unspecified atom stereocenters. The molecule has 1 aliphatic rings. The van der Waals surface area contributed by atoms with Gasteiger partial charge >= 0.3 is 0 Å². The summed E-state index contributed by atoms with van der Waals surface area (Å²) in [6.07, 6.45) is 0.557. The van der Waals surface area contributed by atoms with Crippen LogP contribution in [-0.4, -0.2) is 18.4 Å². The van der Waals surface area contributed by atoms with Crippen LogP contribution in [0.1, 0.15) is 25.8 Å². The molecule has 102 valence electrons. The van der Waals surface area contributed by atoms with Crippen molar-refractivity contribution in [1.29, 1.82) is 0 Å². The summed E-state index contributed by atoms with van der Waals surface area (Å²) in [4.78, 5) is 23.6. The molecule has 5 heteroatoms. The molecule has 19 heavy (non-hydrogen) atoms. The highest BCUT2D eigenvalue weighted by molar-refractivity contribution is 6.30. The topological polar surface area (TPSA) is 58.2 Å². The molecular formula is C14H17ClN2O2. The van der Waals surface area contributed by atoms with Crippen molar-refractivity contribution in [1.82, 2.24) is 10.6 Å². The Morgan fingerprint density at radius 2 is 2.00 bits per heavy atom. The minimum atomic E-state index is -0.577. The summed E-state index contributed by atoms with van der Waals surface area (Å²) in [5.74, 6) is -0.995. The number of hydrogen-bond donors (Lipinski definition) is 2. The molecule has 1 aliphatic heterocycles. The quantitative estimate of drug-likeness (QED) is 0.830. The minimum absolute atomic E-state index is 0.190. The third-order valence-electron chi connectivity index (χ3n) is 3.37. The van der Waals surface area contributed by atoms with Crippen molar-refractivity contribution >= 4 is 23.4 Å². The first-order valence-corrected chi connectivity index (χ1v) is 6.64. The number of benzene rings is 1. The zero-order valence-electron chi connectivity index (χ0n) is 11.0. The molecule has 0 radical (unpaired) electrons. The van der Waals surface area contributed by atoms with E-state index in [0.717, 1.165) is 5.56 Å². The van der Waals surface area contributed by atoms with E-state index in [1.807, 2.05) is 26.0 Å². The average molecular weight is 281 g/mol. The van der Waals surface area contributed by atoms with Gasteiger partial charge in [0.15, 0.2) is 0 Å². The molecule has 0 bridgehead atoms. The predicted molar refractivity (Wildman–Crippen MR) is 73.7 cm³/mol. The van der Waals surface area contributed by atoms with E-state index >= 15 is 0 Å². The number of rotatable bonds is 3. The molecule has 0 spiro atoms. The minimum Gasteiger partial charge on any atom is -0.355 e. The molecule has 2 N–H and O–H groups in total. The average Bonchev–Trinajstić information content (AvgIpc) is 2.75. The van der Waals surface area contributed by atoms with E-state index in [2.05, 4.69) is 10.6 Å². The van der Waals surface area contributed by atoms with Crippen molar-refractivity contribution in [2.45, 2.75) is 25.8 Å². The standard InChI is InChI=1S/C14H17ClN2O2/c1-14(2,9-3-5-10(15)6-4-9)17-13(19)11-7-8-16-12(11)18/h3-6,11H,7-8H2,1-2H3,(H,16,18)(H,17,19). The SMILES string of the molecule is CC(C)(NC(=O)C1CCNC1=O)c1ccc(Cl)cc1. The second kappa shape index (κ2) is 5.21. The number of hydrogen-bond acceptors (Lipinski definition) is 2. The largest absolute Gasteiger partial charge is 0.355 e. The summed E-state index contributed by atoms with van der Waals surface area (Å²) in [6, 6.07) is 7.31. The molecule has 0 aromatic heterocycles. The van der Waals surface area contributed by atoms with Crippen LogP contribution < -0.4 is 10.6 Å². The molecule has 2 amide bonds. The number of carbonyl (C=O) groups excluding carboxylic acids is 2. The van der Waals surface area contributed by atoms with E-state index in [1.165, 1.54) is 0 Å². The van der Waals surface area contributed by atoms with Crippen molar-refractivity contribution in [2.24, 2.45) is 5.92 Å². The maximum absolute atomic E-state index is 12.1. The Morgan fingerprint density at radius 1 is 1.37 bits per heavy atom. The van der Waals surface area contributed by atoms with Crippen molar-refractivity contribution < 1.29 is 9.59 Å². The zero-order chi connectivity index (χ0) is 14.0. The first kappa shape index (κ1) is 13.9. The van der Waals surface area contributed by atoms with Crippen molar-refractivity contribution in [3.63, 3.8) is 0 Å². The second-order valence-electron chi connectivity index (χ2n) is 5.25. The van der Waals surface area contributed by atoms with Gasteiger partial charge in [-0.05, 0) is 38.0 Å². The van der Waals surface area contributed by atoms with Crippen LogP contribution >= 0.6 is 11.6 Å². The number of carbonyl (C=O) groups is 2. The van der Waals surface area contributed by atoms with Crippen LogP contribution in [0.4, 0.5) is 0 Å². The third-order valence-corrected chi connectivity index (χ3v) is 3.62. The lowest BCUT2D eigenvalue weighted by atomic mass is 9.93. The Bertz CT molecular complexity index is 497. The normalized spacial score (nSPS) is 19.1. The monoisotopic (exact) mass is 280 g/mol. The highest BCUT2D eigenvalue weighted by Gasteiger charge is 2.34. The van der Waals surface area contributed by atoms with E-state index in [-0.39, 0.29) is 11.8 Å². The zero-order valence-corrected chi connectivity index (χ0v) is 11.8. The van der Waals surface area contributed by atoms with E-state index in [9.17, 15) is 9.59 Å². The molecule has 4 nitrogen and oxygen atoms in total. The van der Waals surface area contributed by atoms with Gasteiger partial charge in [0.25, 0.3) is 0 Å². The lowest BCUT2D eigenvalue weighted by Crippen LogP contribution is -2.45. The number of halogens is 1. The predicted octanol–water partition coefficient (Wildman–Crippen LogP) is 1.83. The highest BCUT2D eigenvalue weighted by Crippen LogP contribution is 2.23. The van der Waals surface area contributed by atoms with Crippen molar-refractivity contribution in [3.8, 4) is 0 Å². The van der Waals surface area contributed by atoms with Gasteiger partial charge in [-0.2, -0.15) is 0 Å². The number of nitrogens with one attached hydrogen (secondary N) is 2. The molecule has 1 aromatic rings. The maximum atomic E-state index is 12.1. The van der Waals surface area contributed by atoms with Crippen LogP contribution in [-0.2, 0) is 15.1 Å². The first-order valence-electron chi connectivity index (χ1n) is 6.26.